The van der Waals surface area contributed by atoms with Crippen LogP contribution in [-0.2, 0) is 4.79 Å². The number of para-hydroxylation sites is 1. The Bertz CT molecular complexity index is 448. The normalized spacial score (nSPS) is 18.7. The summed E-state index contributed by atoms with van der Waals surface area (Å²) in [4.78, 5) is 15.9. The maximum absolute atomic E-state index is 12.1. The number of rotatable bonds is 3. The van der Waals surface area contributed by atoms with Crippen molar-refractivity contribution in [2.75, 3.05) is 31.6 Å². The van der Waals surface area contributed by atoms with Crippen LogP contribution in [0.2, 0.25) is 0 Å². The predicted molar refractivity (Wildman–Crippen MR) is 76.2 cm³/mol. The fourth-order valence-electron chi connectivity index (χ4n) is 2.43. The third-order valence-electron chi connectivity index (χ3n) is 3.77. The van der Waals surface area contributed by atoms with Gasteiger partial charge in [-0.05, 0) is 25.8 Å². The summed E-state index contributed by atoms with van der Waals surface area (Å²) in [5.74, 6) is 0.119. The molecule has 1 amide bonds. The fraction of sp³-hybridized carbons (Fsp3) is 0.533. The van der Waals surface area contributed by atoms with Crippen LogP contribution in [0.1, 0.15) is 31.4 Å². The molecule has 1 atom stereocenters. The smallest absolute Gasteiger partial charge is 0.241 e. The van der Waals surface area contributed by atoms with Gasteiger partial charge >= 0.3 is 0 Å². The Labute approximate surface area is 114 Å². The Morgan fingerprint density at radius 1 is 1.47 bits per heavy atom. The average Bonchev–Trinajstić information content (AvgIpc) is 2.59. The number of hydrogen-bond acceptors (Lipinski definition) is 3. The highest BCUT2D eigenvalue weighted by molar-refractivity contribution is 5.81. The van der Waals surface area contributed by atoms with E-state index < -0.39 is 6.10 Å². The summed E-state index contributed by atoms with van der Waals surface area (Å²) in [6.07, 6.45) is 1.24. The number of nitrogens with zero attached hydrogens (tertiary/aromatic N) is 2. The SMILES string of the molecule is CCN(C)C(=O)CN1CCCC(O)c2ccccc21. The largest absolute Gasteiger partial charge is 0.388 e. The van der Waals surface area contributed by atoms with Crippen LogP contribution in [0.4, 0.5) is 5.69 Å². The highest BCUT2D eigenvalue weighted by Gasteiger charge is 2.22. The van der Waals surface area contributed by atoms with Crippen LogP contribution in [-0.4, -0.2) is 42.6 Å². The molecule has 0 bridgehead atoms. The molecule has 4 nitrogen and oxygen atoms in total. The van der Waals surface area contributed by atoms with Gasteiger partial charge in [0.05, 0.1) is 12.6 Å². The first-order valence-corrected chi connectivity index (χ1v) is 6.89. The summed E-state index contributed by atoms with van der Waals surface area (Å²) in [6, 6.07) is 7.83. The Balaban J connectivity index is 2.21. The molecular formula is C15H22N2O2. The van der Waals surface area contributed by atoms with Gasteiger partial charge in [-0.15, -0.1) is 0 Å². The third-order valence-corrected chi connectivity index (χ3v) is 3.77. The van der Waals surface area contributed by atoms with Crippen molar-refractivity contribution < 1.29 is 9.90 Å². The first-order chi connectivity index (χ1) is 9.13. The minimum Gasteiger partial charge on any atom is -0.388 e. The van der Waals surface area contributed by atoms with E-state index in [9.17, 15) is 9.90 Å². The number of fused-ring (bicyclic) bond motifs is 1. The topological polar surface area (TPSA) is 43.8 Å². The number of amides is 1. The van der Waals surface area contributed by atoms with Crippen LogP contribution >= 0.6 is 0 Å². The quantitative estimate of drug-likeness (QED) is 0.903. The van der Waals surface area contributed by atoms with E-state index in [-0.39, 0.29) is 5.91 Å². The molecular weight excluding hydrogens is 240 g/mol. The second kappa shape index (κ2) is 6.06. The summed E-state index contributed by atoms with van der Waals surface area (Å²) < 4.78 is 0. The van der Waals surface area contributed by atoms with E-state index in [0.717, 1.165) is 37.2 Å². The summed E-state index contributed by atoms with van der Waals surface area (Å²) >= 11 is 0. The van der Waals surface area contributed by atoms with Crippen LogP contribution in [0.25, 0.3) is 0 Å². The van der Waals surface area contributed by atoms with E-state index in [4.69, 9.17) is 0 Å². The van der Waals surface area contributed by atoms with Crippen molar-refractivity contribution in [3.63, 3.8) is 0 Å². The maximum atomic E-state index is 12.1. The number of benzene rings is 1. The van der Waals surface area contributed by atoms with E-state index >= 15 is 0 Å². The average molecular weight is 262 g/mol. The molecule has 0 saturated carbocycles. The molecule has 0 saturated heterocycles. The number of likely N-dealkylation sites (N-methyl/N-ethyl adjacent to an activating group) is 1. The Morgan fingerprint density at radius 2 is 2.21 bits per heavy atom. The molecule has 1 aromatic carbocycles. The zero-order valence-electron chi connectivity index (χ0n) is 11.7. The molecule has 1 aromatic rings. The van der Waals surface area contributed by atoms with Crippen molar-refractivity contribution >= 4 is 11.6 Å². The van der Waals surface area contributed by atoms with Crippen LogP contribution in [0.3, 0.4) is 0 Å². The maximum Gasteiger partial charge on any atom is 0.241 e. The monoisotopic (exact) mass is 262 g/mol. The van der Waals surface area contributed by atoms with Gasteiger partial charge in [0.1, 0.15) is 0 Å². The second-order valence-corrected chi connectivity index (χ2v) is 5.05. The van der Waals surface area contributed by atoms with Crippen molar-refractivity contribution in [2.24, 2.45) is 0 Å². The number of anilines is 1. The summed E-state index contributed by atoms with van der Waals surface area (Å²) in [5.41, 5.74) is 1.93. The van der Waals surface area contributed by atoms with Gasteiger partial charge < -0.3 is 14.9 Å². The van der Waals surface area contributed by atoms with Gasteiger partial charge in [-0.1, -0.05) is 18.2 Å². The predicted octanol–water partition coefficient (Wildman–Crippen LogP) is 1.80. The van der Waals surface area contributed by atoms with Crippen molar-refractivity contribution in [1.82, 2.24) is 4.90 Å². The van der Waals surface area contributed by atoms with Gasteiger partial charge in [-0.3, -0.25) is 4.79 Å². The van der Waals surface area contributed by atoms with Gasteiger partial charge in [0.25, 0.3) is 0 Å². The van der Waals surface area contributed by atoms with Gasteiger partial charge in [-0.25, -0.2) is 0 Å². The Kier molecular flexibility index (Phi) is 4.43. The minimum atomic E-state index is -0.416. The number of aliphatic hydroxyl groups excluding tert-OH is 1. The molecule has 0 radical (unpaired) electrons. The lowest BCUT2D eigenvalue weighted by Crippen LogP contribution is -2.38. The number of carbonyl (C=O) groups is 1. The van der Waals surface area contributed by atoms with E-state index in [1.807, 2.05) is 38.2 Å². The van der Waals surface area contributed by atoms with E-state index in [1.54, 1.807) is 4.90 Å². The van der Waals surface area contributed by atoms with Gasteiger partial charge in [0.2, 0.25) is 5.91 Å². The molecule has 2 rings (SSSR count). The minimum absolute atomic E-state index is 0.119. The molecule has 1 aliphatic heterocycles. The second-order valence-electron chi connectivity index (χ2n) is 5.05. The number of carbonyl (C=O) groups excluding carboxylic acids is 1. The van der Waals surface area contributed by atoms with Gasteiger partial charge in [-0.2, -0.15) is 0 Å². The fourth-order valence-corrected chi connectivity index (χ4v) is 2.43. The Morgan fingerprint density at radius 3 is 2.95 bits per heavy atom. The lowest BCUT2D eigenvalue weighted by atomic mass is 10.0. The Hall–Kier alpha value is -1.55. The summed E-state index contributed by atoms with van der Waals surface area (Å²) in [6.45, 7) is 3.89. The van der Waals surface area contributed by atoms with Gasteiger partial charge in [0, 0.05) is 31.4 Å². The molecule has 1 N–H and O–H groups in total. The molecule has 1 heterocycles. The molecule has 0 aliphatic carbocycles. The molecule has 0 aromatic heterocycles. The van der Waals surface area contributed by atoms with Crippen LogP contribution in [0, 0.1) is 0 Å². The summed E-state index contributed by atoms with van der Waals surface area (Å²) in [7, 11) is 1.82. The first-order valence-electron chi connectivity index (χ1n) is 6.89. The van der Waals surface area contributed by atoms with Crippen LogP contribution < -0.4 is 4.90 Å². The molecule has 1 aliphatic rings. The zero-order chi connectivity index (χ0) is 13.8. The molecule has 1 unspecified atom stereocenters. The third kappa shape index (κ3) is 3.07. The summed E-state index contributed by atoms with van der Waals surface area (Å²) in [5, 5.41) is 10.1. The lowest BCUT2D eigenvalue weighted by Gasteiger charge is -2.26. The number of aliphatic hydroxyl groups is 1. The van der Waals surface area contributed by atoms with Crippen molar-refractivity contribution in [1.29, 1.82) is 0 Å². The van der Waals surface area contributed by atoms with Gasteiger partial charge in [0.15, 0.2) is 0 Å². The highest BCUT2D eigenvalue weighted by atomic mass is 16.3. The van der Waals surface area contributed by atoms with Crippen molar-refractivity contribution in [3.8, 4) is 0 Å². The zero-order valence-corrected chi connectivity index (χ0v) is 11.7. The molecule has 104 valence electrons. The van der Waals surface area contributed by atoms with Crippen LogP contribution in [0.5, 0.6) is 0 Å². The van der Waals surface area contributed by atoms with Crippen molar-refractivity contribution in [3.05, 3.63) is 29.8 Å². The molecule has 0 spiro atoms. The van der Waals surface area contributed by atoms with E-state index in [2.05, 4.69) is 4.90 Å². The van der Waals surface area contributed by atoms with E-state index in [1.165, 1.54) is 0 Å². The highest BCUT2D eigenvalue weighted by Crippen LogP contribution is 2.32. The van der Waals surface area contributed by atoms with E-state index in [0.29, 0.717) is 6.54 Å². The molecule has 0 fully saturated rings. The van der Waals surface area contributed by atoms with Crippen LogP contribution in [0.15, 0.2) is 24.3 Å². The number of hydrogen-bond donors (Lipinski definition) is 1. The van der Waals surface area contributed by atoms with Crippen molar-refractivity contribution in [2.45, 2.75) is 25.9 Å². The molecule has 19 heavy (non-hydrogen) atoms. The first kappa shape index (κ1) is 13.9. The lowest BCUT2D eigenvalue weighted by molar-refractivity contribution is -0.128. The standard InChI is InChI=1S/C15H22N2O2/c1-3-16(2)15(19)11-17-10-6-9-14(18)12-7-4-5-8-13(12)17/h4-5,7-8,14,18H,3,6,9-11H2,1-2H3. The molecule has 4 heteroatoms.